The Hall–Kier alpha value is -3.03. The van der Waals surface area contributed by atoms with Crippen LogP contribution in [0.4, 0.5) is 0 Å². The second-order valence-corrected chi connectivity index (χ2v) is 9.15. The monoisotopic (exact) mass is 439 g/mol. The van der Waals surface area contributed by atoms with Crippen molar-refractivity contribution in [3.63, 3.8) is 0 Å². The molecular formula is C24H25NO5S. The highest BCUT2D eigenvalue weighted by Crippen LogP contribution is 2.43. The Morgan fingerprint density at radius 3 is 2.10 bits per heavy atom. The summed E-state index contributed by atoms with van der Waals surface area (Å²) in [5.74, 6) is 1.82. The van der Waals surface area contributed by atoms with Gasteiger partial charge in [-0.2, -0.15) is 4.31 Å². The van der Waals surface area contributed by atoms with Crippen molar-refractivity contribution in [2.75, 3.05) is 27.9 Å². The van der Waals surface area contributed by atoms with Crippen LogP contribution in [0, 0.1) is 0 Å². The van der Waals surface area contributed by atoms with Crippen LogP contribution in [0.15, 0.2) is 71.6 Å². The molecule has 0 saturated carbocycles. The lowest BCUT2D eigenvalue weighted by atomic mass is 9.89. The molecule has 0 aliphatic carbocycles. The average Bonchev–Trinajstić information content (AvgIpc) is 2.82. The number of ether oxygens (including phenoxy) is 3. The summed E-state index contributed by atoms with van der Waals surface area (Å²) in [7, 11) is 0.976. The van der Waals surface area contributed by atoms with Gasteiger partial charge < -0.3 is 14.2 Å². The third-order valence-corrected chi connectivity index (χ3v) is 7.49. The van der Waals surface area contributed by atoms with Crippen molar-refractivity contribution in [1.29, 1.82) is 0 Å². The van der Waals surface area contributed by atoms with Gasteiger partial charge in [0.1, 0.15) is 5.75 Å². The van der Waals surface area contributed by atoms with Gasteiger partial charge in [-0.3, -0.25) is 0 Å². The molecule has 1 atom stereocenters. The van der Waals surface area contributed by atoms with Gasteiger partial charge in [-0.15, -0.1) is 0 Å². The molecule has 1 aliphatic heterocycles. The molecule has 162 valence electrons. The van der Waals surface area contributed by atoms with E-state index in [0.29, 0.717) is 30.2 Å². The van der Waals surface area contributed by atoms with Gasteiger partial charge in [-0.05, 0) is 59.5 Å². The van der Waals surface area contributed by atoms with E-state index >= 15 is 0 Å². The van der Waals surface area contributed by atoms with Gasteiger partial charge in [0.05, 0.1) is 32.3 Å². The smallest absolute Gasteiger partial charge is 0.243 e. The first kappa shape index (κ1) is 21.2. The fraction of sp³-hybridized carbons (Fsp3) is 0.250. The Kier molecular flexibility index (Phi) is 5.89. The molecule has 3 aromatic rings. The van der Waals surface area contributed by atoms with E-state index < -0.39 is 16.1 Å². The normalized spacial score (nSPS) is 16.4. The third kappa shape index (κ3) is 3.86. The summed E-state index contributed by atoms with van der Waals surface area (Å²) in [4.78, 5) is 0.234. The zero-order chi connectivity index (χ0) is 22.0. The first-order valence-electron chi connectivity index (χ1n) is 9.95. The summed E-state index contributed by atoms with van der Waals surface area (Å²) in [6.07, 6.45) is 0.578. The summed E-state index contributed by atoms with van der Waals surface area (Å²) in [6.45, 7) is 0.358. The van der Waals surface area contributed by atoms with E-state index in [1.165, 1.54) is 0 Å². The zero-order valence-corrected chi connectivity index (χ0v) is 18.6. The minimum absolute atomic E-state index is 0.234. The van der Waals surface area contributed by atoms with Gasteiger partial charge in [0.25, 0.3) is 0 Å². The highest BCUT2D eigenvalue weighted by atomic mass is 32.2. The van der Waals surface area contributed by atoms with Crippen LogP contribution in [-0.4, -0.2) is 40.6 Å². The molecule has 0 saturated heterocycles. The van der Waals surface area contributed by atoms with Crippen LogP contribution < -0.4 is 14.2 Å². The predicted molar refractivity (Wildman–Crippen MR) is 118 cm³/mol. The van der Waals surface area contributed by atoms with Crippen molar-refractivity contribution in [2.45, 2.75) is 17.4 Å². The van der Waals surface area contributed by atoms with Crippen LogP contribution in [0.1, 0.15) is 22.7 Å². The van der Waals surface area contributed by atoms with E-state index in [1.54, 1.807) is 49.9 Å². The summed E-state index contributed by atoms with van der Waals surface area (Å²) < 4.78 is 45.1. The van der Waals surface area contributed by atoms with Crippen LogP contribution in [0.2, 0.25) is 0 Å². The standard InChI is InChI=1S/C24H25NO5S/c1-28-19-9-11-20(12-10-19)31(26,27)25-14-13-18-15-22(29-2)23(30-3)16-21(18)24(25)17-7-5-4-6-8-17/h4-12,15-16,24H,13-14H2,1-3H3/t24-/m1/s1. The highest BCUT2D eigenvalue weighted by Gasteiger charge is 2.38. The average molecular weight is 440 g/mol. The summed E-state index contributed by atoms with van der Waals surface area (Å²) >= 11 is 0. The molecule has 0 radical (unpaired) electrons. The number of rotatable bonds is 6. The van der Waals surface area contributed by atoms with Gasteiger partial charge in [0, 0.05) is 6.54 Å². The molecule has 0 N–H and O–H groups in total. The van der Waals surface area contributed by atoms with E-state index in [1.807, 2.05) is 42.5 Å². The lowest BCUT2D eigenvalue weighted by molar-refractivity contribution is 0.332. The second-order valence-electron chi connectivity index (χ2n) is 7.26. The van der Waals surface area contributed by atoms with Gasteiger partial charge in [-0.1, -0.05) is 30.3 Å². The molecular weight excluding hydrogens is 414 g/mol. The first-order chi connectivity index (χ1) is 15.0. The molecule has 31 heavy (non-hydrogen) atoms. The van der Waals surface area contributed by atoms with Crippen molar-refractivity contribution in [2.24, 2.45) is 0 Å². The molecule has 4 rings (SSSR count). The number of hydrogen-bond donors (Lipinski definition) is 0. The Labute approximate surface area is 183 Å². The van der Waals surface area contributed by atoms with Crippen LogP contribution >= 0.6 is 0 Å². The quantitative estimate of drug-likeness (QED) is 0.580. The molecule has 0 fully saturated rings. The SMILES string of the molecule is COc1ccc(S(=O)(=O)N2CCc3cc(OC)c(OC)cc3[C@H]2c2ccccc2)cc1. The maximum absolute atomic E-state index is 13.7. The van der Waals surface area contributed by atoms with Gasteiger partial charge >= 0.3 is 0 Å². The van der Waals surface area contributed by atoms with E-state index in [9.17, 15) is 8.42 Å². The molecule has 0 aromatic heterocycles. The number of sulfonamides is 1. The molecule has 0 amide bonds. The van der Waals surface area contributed by atoms with E-state index in [4.69, 9.17) is 14.2 Å². The number of methoxy groups -OCH3 is 3. The van der Waals surface area contributed by atoms with Crippen molar-refractivity contribution in [1.82, 2.24) is 4.31 Å². The van der Waals surface area contributed by atoms with Crippen molar-refractivity contribution < 1.29 is 22.6 Å². The third-order valence-electron chi connectivity index (χ3n) is 5.61. The van der Waals surface area contributed by atoms with Gasteiger partial charge in [-0.25, -0.2) is 8.42 Å². The molecule has 1 aliphatic rings. The molecule has 3 aromatic carbocycles. The Morgan fingerprint density at radius 2 is 1.48 bits per heavy atom. The van der Waals surface area contributed by atoms with Crippen molar-refractivity contribution in [3.05, 3.63) is 83.4 Å². The zero-order valence-electron chi connectivity index (χ0n) is 17.7. The van der Waals surface area contributed by atoms with E-state index in [2.05, 4.69) is 0 Å². The lowest BCUT2D eigenvalue weighted by Crippen LogP contribution is -2.40. The van der Waals surface area contributed by atoms with Crippen LogP contribution in [0.5, 0.6) is 17.2 Å². The van der Waals surface area contributed by atoms with E-state index in [0.717, 1.165) is 16.7 Å². The molecule has 7 heteroatoms. The summed E-state index contributed by atoms with van der Waals surface area (Å²) in [5.41, 5.74) is 2.84. The maximum Gasteiger partial charge on any atom is 0.243 e. The Bertz CT molecular complexity index is 1160. The molecule has 0 spiro atoms. The predicted octanol–water partition coefficient (Wildman–Crippen LogP) is 4.05. The summed E-state index contributed by atoms with van der Waals surface area (Å²) in [6, 6.07) is 19.5. The number of nitrogens with zero attached hydrogens (tertiary/aromatic N) is 1. The lowest BCUT2D eigenvalue weighted by Gasteiger charge is -2.37. The minimum Gasteiger partial charge on any atom is -0.497 e. The molecule has 1 heterocycles. The van der Waals surface area contributed by atoms with Gasteiger partial charge in [0.2, 0.25) is 10.0 Å². The molecule has 0 unspecified atom stereocenters. The second kappa shape index (κ2) is 8.61. The highest BCUT2D eigenvalue weighted by molar-refractivity contribution is 7.89. The van der Waals surface area contributed by atoms with Gasteiger partial charge in [0.15, 0.2) is 11.5 Å². The number of benzene rings is 3. The van der Waals surface area contributed by atoms with Crippen LogP contribution in [-0.2, 0) is 16.4 Å². The van der Waals surface area contributed by atoms with Crippen molar-refractivity contribution >= 4 is 10.0 Å². The first-order valence-corrected chi connectivity index (χ1v) is 11.4. The fourth-order valence-electron chi connectivity index (χ4n) is 4.05. The number of hydrogen-bond acceptors (Lipinski definition) is 5. The van der Waals surface area contributed by atoms with E-state index in [-0.39, 0.29) is 4.90 Å². The molecule has 0 bridgehead atoms. The Morgan fingerprint density at radius 1 is 0.839 bits per heavy atom. The fourth-order valence-corrected chi connectivity index (χ4v) is 5.64. The molecule has 6 nitrogen and oxygen atoms in total. The largest absolute Gasteiger partial charge is 0.497 e. The van der Waals surface area contributed by atoms with Crippen LogP contribution in [0.25, 0.3) is 0 Å². The van der Waals surface area contributed by atoms with Crippen molar-refractivity contribution in [3.8, 4) is 17.2 Å². The minimum atomic E-state index is -3.76. The summed E-state index contributed by atoms with van der Waals surface area (Å²) in [5, 5.41) is 0. The van der Waals surface area contributed by atoms with Crippen LogP contribution in [0.3, 0.4) is 0 Å². The maximum atomic E-state index is 13.7. The number of fused-ring (bicyclic) bond motifs is 1. The Balaban J connectivity index is 1.87. The topological polar surface area (TPSA) is 65.1 Å².